The lowest BCUT2D eigenvalue weighted by atomic mass is 10.0. The number of rotatable bonds is 31. The first-order valence-corrected chi connectivity index (χ1v) is 15.0. The summed E-state index contributed by atoms with van der Waals surface area (Å²) in [6.07, 6.45) is 1.03. The Kier molecular flexibility index (Phi) is 26.7. The third kappa shape index (κ3) is 24.0. The van der Waals surface area contributed by atoms with Gasteiger partial charge in [0, 0.05) is 6.61 Å². The van der Waals surface area contributed by atoms with Crippen molar-refractivity contribution in [3.63, 3.8) is 0 Å². The summed E-state index contributed by atoms with van der Waals surface area (Å²) in [6.45, 7) is 19.7. The van der Waals surface area contributed by atoms with E-state index in [9.17, 15) is 0 Å². The molecule has 0 aliphatic carbocycles. The van der Waals surface area contributed by atoms with Gasteiger partial charge in [0.25, 0.3) is 0 Å². The Labute approximate surface area is 248 Å². The van der Waals surface area contributed by atoms with E-state index in [1.165, 1.54) is 22.3 Å². The summed E-state index contributed by atoms with van der Waals surface area (Å²) >= 11 is 0. The van der Waals surface area contributed by atoms with Crippen molar-refractivity contribution in [3.8, 4) is 0 Å². The van der Waals surface area contributed by atoms with Crippen LogP contribution in [0.25, 0.3) is 0 Å². The zero-order valence-electron chi connectivity index (χ0n) is 26.1. The Bertz CT molecular complexity index is 680. The molecule has 0 N–H and O–H groups in total. The van der Waals surface area contributed by atoms with E-state index >= 15 is 0 Å². The minimum Gasteiger partial charge on any atom is -0.379 e. The summed E-state index contributed by atoms with van der Waals surface area (Å²) in [5, 5.41) is 0. The molecule has 0 atom stereocenters. The van der Waals surface area contributed by atoms with Crippen molar-refractivity contribution < 1.29 is 47.4 Å². The second-order valence-electron chi connectivity index (χ2n) is 9.44. The molecule has 0 saturated heterocycles. The second-order valence-corrected chi connectivity index (χ2v) is 9.44. The van der Waals surface area contributed by atoms with Crippen molar-refractivity contribution in [1.82, 2.24) is 0 Å². The summed E-state index contributed by atoms with van der Waals surface area (Å²) in [6, 6.07) is 4.38. The molecule has 10 nitrogen and oxygen atoms in total. The molecule has 0 bridgehead atoms. The van der Waals surface area contributed by atoms with Gasteiger partial charge in [0.15, 0.2) is 0 Å². The number of hydrogen-bond acceptors (Lipinski definition) is 10. The zero-order chi connectivity index (χ0) is 29.6. The molecule has 0 aliphatic rings. The van der Waals surface area contributed by atoms with Gasteiger partial charge in [-0.25, -0.2) is 0 Å². The number of aryl methyl sites for hydroxylation is 3. The van der Waals surface area contributed by atoms with Gasteiger partial charge < -0.3 is 47.4 Å². The van der Waals surface area contributed by atoms with Crippen molar-refractivity contribution in [3.05, 3.63) is 34.4 Å². The Hall–Kier alpha value is -1.18. The van der Waals surface area contributed by atoms with Crippen molar-refractivity contribution >= 4 is 0 Å². The molecule has 0 fully saturated rings. The smallest absolute Gasteiger partial charge is 0.0723 e. The molecule has 0 aliphatic heterocycles. The van der Waals surface area contributed by atoms with E-state index in [1.807, 2.05) is 0 Å². The predicted molar refractivity (Wildman–Crippen MR) is 158 cm³/mol. The van der Waals surface area contributed by atoms with Crippen LogP contribution in [-0.4, -0.2) is 126 Å². The molecule has 1 aromatic carbocycles. The number of benzene rings is 1. The molecule has 240 valence electrons. The van der Waals surface area contributed by atoms with E-state index in [0.717, 1.165) is 13.0 Å². The minimum absolute atomic E-state index is 0.525. The maximum absolute atomic E-state index is 5.76. The van der Waals surface area contributed by atoms with Crippen LogP contribution in [0, 0.1) is 20.8 Å². The first kappa shape index (κ1) is 37.8. The van der Waals surface area contributed by atoms with E-state index in [0.29, 0.717) is 126 Å². The molecule has 0 spiro atoms. The van der Waals surface area contributed by atoms with E-state index in [4.69, 9.17) is 47.4 Å². The van der Waals surface area contributed by atoms with E-state index < -0.39 is 0 Å². The fourth-order valence-corrected chi connectivity index (χ4v) is 3.74. The van der Waals surface area contributed by atoms with Gasteiger partial charge in [-0.2, -0.15) is 0 Å². The van der Waals surface area contributed by atoms with Crippen molar-refractivity contribution in [2.75, 3.05) is 126 Å². The number of hydrogen-bond donors (Lipinski definition) is 0. The molecule has 0 radical (unpaired) electrons. The van der Waals surface area contributed by atoms with Crippen LogP contribution in [0.2, 0.25) is 0 Å². The van der Waals surface area contributed by atoms with Gasteiger partial charge in [-0.3, -0.25) is 0 Å². The van der Waals surface area contributed by atoms with Crippen LogP contribution in [-0.2, 0) is 54.0 Å². The summed E-state index contributed by atoms with van der Waals surface area (Å²) in [5.41, 5.74) is 5.10. The summed E-state index contributed by atoms with van der Waals surface area (Å²) in [7, 11) is 0. The SMILES string of the molecule is CCCOCCOCCOCCOCCOCCOCCOCCOCCOCCOCc1c(C)cc(C)cc1C. The fourth-order valence-electron chi connectivity index (χ4n) is 3.74. The van der Waals surface area contributed by atoms with Gasteiger partial charge in [-0.15, -0.1) is 0 Å². The van der Waals surface area contributed by atoms with E-state index in [2.05, 4.69) is 39.8 Å². The first-order valence-electron chi connectivity index (χ1n) is 15.0. The Morgan fingerprint density at radius 2 is 0.610 bits per heavy atom. The van der Waals surface area contributed by atoms with Crippen molar-refractivity contribution in [1.29, 1.82) is 0 Å². The molecule has 0 heterocycles. The third-order valence-electron chi connectivity index (χ3n) is 5.78. The quantitative estimate of drug-likeness (QED) is 0.120. The van der Waals surface area contributed by atoms with Crippen LogP contribution < -0.4 is 0 Å². The van der Waals surface area contributed by atoms with E-state index in [1.54, 1.807) is 0 Å². The number of ether oxygens (including phenoxy) is 10. The third-order valence-corrected chi connectivity index (χ3v) is 5.78. The highest BCUT2D eigenvalue weighted by molar-refractivity contribution is 5.36. The molecule has 0 unspecified atom stereocenters. The standard InChI is InChI=1S/C31H56O10/c1-5-6-32-7-8-33-9-10-34-11-12-35-13-14-36-15-16-37-17-18-38-19-20-39-21-22-40-23-24-41-27-31-29(3)25-28(2)26-30(31)4/h25-26H,5-24,27H2,1-4H3. The largest absolute Gasteiger partial charge is 0.379 e. The maximum atomic E-state index is 5.76. The lowest BCUT2D eigenvalue weighted by molar-refractivity contribution is -0.0267. The van der Waals surface area contributed by atoms with Gasteiger partial charge in [0.2, 0.25) is 0 Å². The van der Waals surface area contributed by atoms with Gasteiger partial charge in [0.05, 0.1) is 126 Å². The average molecular weight is 589 g/mol. The summed E-state index contributed by atoms with van der Waals surface area (Å²) < 4.78 is 54.9. The van der Waals surface area contributed by atoms with Crippen molar-refractivity contribution in [2.24, 2.45) is 0 Å². The lowest BCUT2D eigenvalue weighted by Crippen LogP contribution is -2.15. The van der Waals surface area contributed by atoms with Crippen LogP contribution in [0.1, 0.15) is 35.6 Å². The second kappa shape index (κ2) is 28.9. The van der Waals surface area contributed by atoms with Crippen LogP contribution in [0.4, 0.5) is 0 Å². The molecule has 10 heteroatoms. The van der Waals surface area contributed by atoms with Crippen LogP contribution >= 0.6 is 0 Å². The van der Waals surface area contributed by atoms with Gasteiger partial charge in [0.1, 0.15) is 0 Å². The maximum Gasteiger partial charge on any atom is 0.0723 e. The first-order chi connectivity index (χ1) is 20.1. The van der Waals surface area contributed by atoms with Gasteiger partial charge >= 0.3 is 0 Å². The van der Waals surface area contributed by atoms with Crippen LogP contribution in [0.5, 0.6) is 0 Å². The molecular formula is C31H56O10. The van der Waals surface area contributed by atoms with E-state index in [-0.39, 0.29) is 0 Å². The topological polar surface area (TPSA) is 92.3 Å². The highest BCUT2D eigenvalue weighted by Crippen LogP contribution is 2.17. The van der Waals surface area contributed by atoms with Crippen molar-refractivity contribution in [2.45, 2.75) is 40.7 Å². The van der Waals surface area contributed by atoms with Gasteiger partial charge in [-0.05, 0) is 43.9 Å². The Balaban J connectivity index is 1.69. The van der Waals surface area contributed by atoms with Crippen LogP contribution in [0.3, 0.4) is 0 Å². The summed E-state index contributed by atoms with van der Waals surface area (Å²) in [5.74, 6) is 0. The Morgan fingerprint density at radius 1 is 0.366 bits per heavy atom. The molecule has 1 aromatic rings. The monoisotopic (exact) mass is 588 g/mol. The molecule has 1 rings (SSSR count). The predicted octanol–water partition coefficient (Wildman–Crippen LogP) is 3.69. The summed E-state index contributed by atoms with van der Waals surface area (Å²) in [4.78, 5) is 0. The highest BCUT2D eigenvalue weighted by Gasteiger charge is 2.04. The molecule has 0 aromatic heterocycles. The normalized spacial score (nSPS) is 11.5. The molecular weight excluding hydrogens is 532 g/mol. The average Bonchev–Trinajstić information content (AvgIpc) is 2.95. The lowest BCUT2D eigenvalue weighted by Gasteiger charge is -2.12. The Morgan fingerprint density at radius 3 is 0.878 bits per heavy atom. The fraction of sp³-hybridized carbons (Fsp3) is 0.806. The minimum atomic E-state index is 0.525. The zero-order valence-corrected chi connectivity index (χ0v) is 26.1. The van der Waals surface area contributed by atoms with Crippen LogP contribution in [0.15, 0.2) is 12.1 Å². The molecule has 0 amide bonds. The highest BCUT2D eigenvalue weighted by atomic mass is 16.6. The molecule has 41 heavy (non-hydrogen) atoms. The van der Waals surface area contributed by atoms with Gasteiger partial charge in [-0.1, -0.05) is 24.6 Å². The molecule has 0 saturated carbocycles.